The lowest BCUT2D eigenvalue weighted by Crippen LogP contribution is -2.51. The van der Waals surface area contributed by atoms with E-state index in [4.69, 9.17) is 4.74 Å². The van der Waals surface area contributed by atoms with Gasteiger partial charge >= 0.3 is 6.09 Å². The predicted molar refractivity (Wildman–Crippen MR) is 91.5 cm³/mol. The molecule has 2 fully saturated rings. The van der Waals surface area contributed by atoms with Crippen LogP contribution in [0.2, 0.25) is 0 Å². The number of amides is 1. The van der Waals surface area contributed by atoms with Gasteiger partial charge in [-0.1, -0.05) is 30.3 Å². The summed E-state index contributed by atoms with van der Waals surface area (Å²) in [5.74, 6) is 1.03. The lowest BCUT2D eigenvalue weighted by atomic mass is 10.0. The number of carbonyl (C=O) groups is 1. The molecule has 0 radical (unpaired) electrons. The molecule has 3 rings (SSSR count). The van der Waals surface area contributed by atoms with Gasteiger partial charge < -0.3 is 14.5 Å². The van der Waals surface area contributed by atoms with E-state index < -0.39 is 5.60 Å². The van der Waals surface area contributed by atoms with Gasteiger partial charge in [0.05, 0.1) is 0 Å². The van der Waals surface area contributed by atoms with Gasteiger partial charge in [0.15, 0.2) is 0 Å². The Hall–Kier alpha value is -1.55. The Kier molecular flexibility index (Phi) is 4.37. The molecule has 1 aliphatic carbocycles. The molecule has 1 saturated carbocycles. The molecule has 1 aromatic carbocycles. The van der Waals surface area contributed by atoms with Crippen LogP contribution in [0.5, 0.6) is 0 Å². The molecule has 2 atom stereocenters. The Balaban J connectivity index is 1.67. The summed E-state index contributed by atoms with van der Waals surface area (Å²) in [5.41, 5.74) is 0.889. The molecule has 1 saturated heterocycles. The quantitative estimate of drug-likeness (QED) is 0.854. The van der Waals surface area contributed by atoms with Crippen molar-refractivity contribution in [1.29, 1.82) is 0 Å². The zero-order valence-electron chi connectivity index (χ0n) is 14.7. The van der Waals surface area contributed by atoms with Crippen molar-refractivity contribution >= 4 is 6.09 Å². The summed E-state index contributed by atoms with van der Waals surface area (Å²) in [6.07, 6.45) is 0.890. The molecule has 4 heteroatoms. The third kappa shape index (κ3) is 4.05. The Morgan fingerprint density at radius 2 is 1.91 bits per heavy atom. The van der Waals surface area contributed by atoms with Gasteiger partial charge in [-0.15, -0.1) is 0 Å². The summed E-state index contributed by atoms with van der Waals surface area (Å²) in [5, 5.41) is 0. The summed E-state index contributed by atoms with van der Waals surface area (Å²) >= 11 is 0. The first-order valence-corrected chi connectivity index (χ1v) is 8.56. The average Bonchev–Trinajstić information content (AvgIpc) is 3.21. The molecular weight excluding hydrogens is 288 g/mol. The maximum Gasteiger partial charge on any atom is 0.410 e. The van der Waals surface area contributed by atoms with Crippen molar-refractivity contribution in [2.24, 2.45) is 5.92 Å². The number of nitrogens with zero attached hydrogens (tertiary/aromatic N) is 2. The van der Waals surface area contributed by atoms with Crippen LogP contribution < -0.4 is 0 Å². The van der Waals surface area contributed by atoms with E-state index in [2.05, 4.69) is 36.2 Å². The Labute approximate surface area is 139 Å². The highest BCUT2D eigenvalue weighted by atomic mass is 16.6. The fourth-order valence-electron chi connectivity index (χ4n) is 3.47. The maximum atomic E-state index is 12.7. The number of ether oxygens (including phenoxy) is 1. The molecule has 2 aliphatic rings. The van der Waals surface area contributed by atoms with Crippen LogP contribution in [0.15, 0.2) is 30.3 Å². The molecule has 0 aromatic heterocycles. The summed E-state index contributed by atoms with van der Waals surface area (Å²) < 4.78 is 5.66. The second-order valence-electron chi connectivity index (χ2n) is 8.04. The molecule has 0 spiro atoms. The molecule has 1 amide bonds. The summed E-state index contributed by atoms with van der Waals surface area (Å²) in [6, 6.07) is 10.8. The molecule has 0 bridgehead atoms. The third-order valence-electron chi connectivity index (χ3n) is 4.61. The zero-order valence-corrected chi connectivity index (χ0v) is 14.7. The summed E-state index contributed by atoms with van der Waals surface area (Å²) in [6.45, 7) is 8.75. The minimum atomic E-state index is -0.442. The lowest BCUT2D eigenvalue weighted by Gasteiger charge is -2.39. The van der Waals surface area contributed by atoms with Crippen molar-refractivity contribution in [3.63, 3.8) is 0 Å². The van der Waals surface area contributed by atoms with E-state index in [0.717, 1.165) is 26.1 Å². The van der Waals surface area contributed by atoms with Gasteiger partial charge in [0, 0.05) is 37.5 Å². The Bertz CT molecular complexity index is 546. The first-order chi connectivity index (χ1) is 10.8. The van der Waals surface area contributed by atoms with Gasteiger partial charge in [-0.25, -0.2) is 4.79 Å². The van der Waals surface area contributed by atoms with Crippen molar-refractivity contribution in [3.05, 3.63) is 35.9 Å². The van der Waals surface area contributed by atoms with E-state index in [1.165, 1.54) is 5.56 Å². The van der Waals surface area contributed by atoms with Crippen molar-refractivity contribution in [2.45, 2.75) is 44.8 Å². The van der Waals surface area contributed by atoms with E-state index in [-0.39, 0.29) is 12.1 Å². The largest absolute Gasteiger partial charge is 0.444 e. The Morgan fingerprint density at radius 1 is 1.26 bits per heavy atom. The normalized spacial score (nSPS) is 24.9. The minimum Gasteiger partial charge on any atom is -0.444 e. The van der Waals surface area contributed by atoms with Gasteiger partial charge in [0.1, 0.15) is 5.60 Å². The molecule has 23 heavy (non-hydrogen) atoms. The van der Waals surface area contributed by atoms with Crippen LogP contribution in [-0.2, 0) is 4.74 Å². The van der Waals surface area contributed by atoms with E-state index in [9.17, 15) is 4.79 Å². The number of likely N-dealkylation sites (tertiary alicyclic amines) is 1. The smallest absolute Gasteiger partial charge is 0.410 e. The fourth-order valence-corrected chi connectivity index (χ4v) is 3.47. The van der Waals surface area contributed by atoms with Crippen molar-refractivity contribution in [3.8, 4) is 0 Å². The molecule has 126 valence electrons. The molecule has 1 aromatic rings. The van der Waals surface area contributed by atoms with Crippen LogP contribution in [-0.4, -0.2) is 54.2 Å². The van der Waals surface area contributed by atoms with Crippen molar-refractivity contribution in [1.82, 2.24) is 9.80 Å². The fraction of sp³-hybridized carbons (Fsp3) is 0.632. The number of hydrogen-bond acceptors (Lipinski definition) is 3. The molecule has 4 nitrogen and oxygen atoms in total. The van der Waals surface area contributed by atoms with E-state index in [0.29, 0.717) is 11.8 Å². The van der Waals surface area contributed by atoms with Crippen LogP contribution in [0.25, 0.3) is 0 Å². The monoisotopic (exact) mass is 316 g/mol. The predicted octanol–water partition coefficient (Wildman–Crippen LogP) is 3.34. The maximum absolute atomic E-state index is 12.7. The van der Waals surface area contributed by atoms with Gasteiger partial charge in [0.25, 0.3) is 0 Å². The van der Waals surface area contributed by atoms with Crippen molar-refractivity contribution < 1.29 is 9.53 Å². The lowest BCUT2D eigenvalue weighted by molar-refractivity contribution is 0.0108. The van der Waals surface area contributed by atoms with E-state index >= 15 is 0 Å². The first kappa shape index (κ1) is 16.3. The highest BCUT2D eigenvalue weighted by Crippen LogP contribution is 2.45. The minimum absolute atomic E-state index is 0.157. The number of benzene rings is 1. The van der Waals surface area contributed by atoms with Gasteiger partial charge in [0.2, 0.25) is 0 Å². The Morgan fingerprint density at radius 3 is 2.48 bits per heavy atom. The average molecular weight is 316 g/mol. The second kappa shape index (κ2) is 6.16. The highest BCUT2D eigenvalue weighted by molar-refractivity contribution is 5.69. The molecular formula is C19H28N2O2. The third-order valence-corrected chi connectivity index (χ3v) is 4.61. The molecule has 1 aliphatic heterocycles. The first-order valence-electron chi connectivity index (χ1n) is 8.56. The SMILES string of the molecule is CN1CC(CN(C(=O)OC(C)(C)C)[C@@H]2C[C@H]2c2ccccc2)C1. The van der Waals surface area contributed by atoms with Gasteiger partial charge in [-0.05, 0) is 39.8 Å². The van der Waals surface area contributed by atoms with Crippen molar-refractivity contribution in [2.75, 3.05) is 26.7 Å². The van der Waals surface area contributed by atoms with Crippen LogP contribution in [0.1, 0.15) is 38.7 Å². The molecule has 0 unspecified atom stereocenters. The van der Waals surface area contributed by atoms with Crippen LogP contribution in [0.3, 0.4) is 0 Å². The topological polar surface area (TPSA) is 32.8 Å². The van der Waals surface area contributed by atoms with Gasteiger partial charge in [-0.3, -0.25) is 0 Å². The standard InChI is InChI=1S/C19H28N2O2/c1-19(2,3)23-18(22)21(13-14-11-20(4)12-14)17-10-16(17)15-8-6-5-7-9-15/h5-9,14,16-17H,10-13H2,1-4H3/t16-,17+/m0/s1. The van der Waals surface area contributed by atoms with E-state index in [1.54, 1.807) is 0 Å². The van der Waals surface area contributed by atoms with Crippen LogP contribution in [0, 0.1) is 5.92 Å². The zero-order chi connectivity index (χ0) is 16.6. The number of carbonyl (C=O) groups excluding carboxylic acids is 1. The number of hydrogen-bond donors (Lipinski definition) is 0. The summed E-state index contributed by atoms with van der Waals surface area (Å²) in [4.78, 5) is 16.9. The highest BCUT2D eigenvalue weighted by Gasteiger charge is 2.47. The number of rotatable bonds is 4. The van der Waals surface area contributed by atoms with E-state index in [1.807, 2.05) is 31.7 Å². The molecule has 1 heterocycles. The van der Waals surface area contributed by atoms with Crippen LogP contribution >= 0.6 is 0 Å². The second-order valence-corrected chi connectivity index (χ2v) is 8.04. The summed E-state index contributed by atoms with van der Waals surface area (Å²) in [7, 11) is 2.12. The van der Waals surface area contributed by atoms with Crippen LogP contribution in [0.4, 0.5) is 4.79 Å². The molecule has 0 N–H and O–H groups in total. The van der Waals surface area contributed by atoms with Gasteiger partial charge in [-0.2, -0.15) is 0 Å².